The monoisotopic (exact) mass is 297 g/mol. The van der Waals surface area contributed by atoms with Gasteiger partial charge >= 0.3 is 0 Å². The predicted molar refractivity (Wildman–Crippen MR) is 83.3 cm³/mol. The molecule has 0 aliphatic carbocycles. The summed E-state index contributed by atoms with van der Waals surface area (Å²) in [5.41, 5.74) is 0.944. The maximum atomic E-state index is 6.25. The molecule has 0 aromatic carbocycles. The molecule has 1 N–H and O–H groups in total. The van der Waals surface area contributed by atoms with Gasteiger partial charge in [-0.3, -0.25) is 0 Å². The molecule has 0 unspecified atom stereocenters. The number of halogens is 1. The molecule has 1 saturated heterocycles. The Morgan fingerprint density at radius 3 is 2.85 bits per heavy atom. The summed E-state index contributed by atoms with van der Waals surface area (Å²) in [6.07, 6.45) is 2.31. The van der Waals surface area contributed by atoms with Crippen LogP contribution in [0.4, 0.5) is 5.82 Å². The quantitative estimate of drug-likeness (QED) is 0.876. The van der Waals surface area contributed by atoms with Gasteiger partial charge in [0.15, 0.2) is 0 Å². The molecule has 1 aliphatic rings. The number of nitrogens with one attached hydrogen (secondary N) is 1. The van der Waals surface area contributed by atoms with E-state index in [-0.39, 0.29) is 0 Å². The second kappa shape index (κ2) is 7.81. The topological polar surface area (TPSA) is 37.4 Å². The van der Waals surface area contributed by atoms with Crippen LogP contribution in [0.3, 0.4) is 0 Å². The van der Waals surface area contributed by atoms with Crippen LogP contribution in [0.2, 0.25) is 5.02 Å². The molecule has 5 heteroatoms. The van der Waals surface area contributed by atoms with Gasteiger partial charge in [0.05, 0.1) is 10.7 Å². The molecule has 0 bridgehead atoms. The maximum Gasteiger partial charge on any atom is 0.126 e. The summed E-state index contributed by atoms with van der Waals surface area (Å²) in [5.74, 6) is 1.62. The first kappa shape index (κ1) is 15.5. The Hall–Kier alpha value is -0.840. The van der Waals surface area contributed by atoms with E-state index in [1.54, 1.807) is 0 Å². The van der Waals surface area contributed by atoms with Crippen molar-refractivity contribution in [2.24, 2.45) is 5.92 Å². The molecular weight excluding hydrogens is 274 g/mol. The van der Waals surface area contributed by atoms with Crippen LogP contribution in [0.5, 0.6) is 0 Å². The van der Waals surface area contributed by atoms with Crippen molar-refractivity contribution in [3.05, 3.63) is 22.8 Å². The van der Waals surface area contributed by atoms with Gasteiger partial charge in [-0.2, -0.15) is 0 Å². The molecule has 0 radical (unpaired) electrons. The molecule has 4 nitrogen and oxygen atoms in total. The molecule has 20 heavy (non-hydrogen) atoms. The van der Waals surface area contributed by atoms with Gasteiger partial charge in [-0.15, -0.1) is 0 Å². The normalized spacial score (nSPS) is 16.6. The Morgan fingerprint density at radius 2 is 2.15 bits per heavy atom. The van der Waals surface area contributed by atoms with Crippen molar-refractivity contribution < 1.29 is 4.74 Å². The van der Waals surface area contributed by atoms with Crippen LogP contribution >= 0.6 is 11.6 Å². The highest BCUT2D eigenvalue weighted by Gasteiger charge is 2.16. The first-order valence-corrected chi connectivity index (χ1v) is 7.72. The third-order valence-electron chi connectivity index (χ3n) is 3.61. The van der Waals surface area contributed by atoms with Crippen molar-refractivity contribution in [2.45, 2.75) is 26.3 Å². The predicted octanol–water partition coefficient (Wildman–Crippen LogP) is 3.03. The Bertz CT molecular complexity index is 422. The van der Waals surface area contributed by atoms with Crippen molar-refractivity contribution >= 4 is 17.4 Å². The largest absolute Gasteiger partial charge is 0.381 e. The van der Waals surface area contributed by atoms with Gasteiger partial charge < -0.3 is 15.0 Å². The van der Waals surface area contributed by atoms with Crippen LogP contribution in [0.1, 0.15) is 25.5 Å². The summed E-state index contributed by atoms with van der Waals surface area (Å²) in [6, 6.07) is 3.85. The van der Waals surface area contributed by atoms with Crippen molar-refractivity contribution in [1.29, 1.82) is 0 Å². The molecule has 2 rings (SSSR count). The van der Waals surface area contributed by atoms with Crippen molar-refractivity contribution in [2.75, 3.05) is 38.7 Å². The summed E-state index contributed by atoms with van der Waals surface area (Å²) >= 11 is 6.25. The molecule has 0 spiro atoms. The Kier molecular flexibility index (Phi) is 6.07. The second-order valence-electron chi connectivity index (χ2n) is 5.41. The lowest BCUT2D eigenvalue weighted by molar-refractivity contribution is 0.0548. The van der Waals surface area contributed by atoms with E-state index in [0.717, 1.165) is 68.1 Å². The molecule has 1 aromatic rings. The number of ether oxygens (including phenoxy) is 1. The minimum atomic E-state index is 0.726. The SMILES string of the molecule is CCNc1ccc(Cl)c(CN(C)CC2CCOCC2)n1. The number of hydrogen-bond acceptors (Lipinski definition) is 4. The summed E-state index contributed by atoms with van der Waals surface area (Å²) in [7, 11) is 2.13. The number of hydrogen-bond donors (Lipinski definition) is 1. The highest BCUT2D eigenvalue weighted by Crippen LogP contribution is 2.20. The molecule has 0 amide bonds. The minimum absolute atomic E-state index is 0.726. The minimum Gasteiger partial charge on any atom is -0.381 e. The number of aromatic nitrogens is 1. The van der Waals surface area contributed by atoms with Crippen LogP contribution in [0.15, 0.2) is 12.1 Å². The van der Waals surface area contributed by atoms with Crippen LogP contribution in [0, 0.1) is 5.92 Å². The Balaban J connectivity index is 1.92. The van der Waals surface area contributed by atoms with Gasteiger partial charge in [0.25, 0.3) is 0 Å². The first-order chi connectivity index (χ1) is 9.69. The fraction of sp³-hybridized carbons (Fsp3) is 0.667. The average Bonchev–Trinajstić information content (AvgIpc) is 2.44. The average molecular weight is 298 g/mol. The van der Waals surface area contributed by atoms with E-state index in [2.05, 4.69) is 29.2 Å². The third kappa shape index (κ3) is 4.62. The molecule has 0 saturated carbocycles. The van der Waals surface area contributed by atoms with Crippen LogP contribution in [-0.4, -0.2) is 43.2 Å². The molecule has 1 fully saturated rings. The highest BCUT2D eigenvalue weighted by atomic mass is 35.5. The maximum absolute atomic E-state index is 6.25. The summed E-state index contributed by atoms with van der Waals surface area (Å²) in [4.78, 5) is 6.89. The number of anilines is 1. The van der Waals surface area contributed by atoms with E-state index >= 15 is 0 Å². The van der Waals surface area contributed by atoms with Crippen LogP contribution < -0.4 is 5.32 Å². The van der Waals surface area contributed by atoms with Gasteiger partial charge in [0.1, 0.15) is 5.82 Å². The fourth-order valence-corrected chi connectivity index (χ4v) is 2.73. The lowest BCUT2D eigenvalue weighted by atomic mass is 10.00. The first-order valence-electron chi connectivity index (χ1n) is 7.34. The lowest BCUT2D eigenvalue weighted by Crippen LogP contribution is -2.29. The van der Waals surface area contributed by atoms with Gasteiger partial charge in [0, 0.05) is 32.8 Å². The van der Waals surface area contributed by atoms with Gasteiger partial charge in [-0.05, 0) is 44.9 Å². The number of nitrogens with zero attached hydrogens (tertiary/aromatic N) is 2. The van der Waals surface area contributed by atoms with Crippen molar-refractivity contribution in [3.63, 3.8) is 0 Å². The zero-order valence-corrected chi connectivity index (χ0v) is 13.1. The van der Waals surface area contributed by atoms with Crippen molar-refractivity contribution in [1.82, 2.24) is 9.88 Å². The summed E-state index contributed by atoms with van der Waals surface area (Å²) in [5, 5.41) is 3.97. The Labute approximate surface area is 126 Å². The fourth-order valence-electron chi connectivity index (χ4n) is 2.56. The zero-order valence-electron chi connectivity index (χ0n) is 12.4. The van der Waals surface area contributed by atoms with Crippen molar-refractivity contribution in [3.8, 4) is 0 Å². The van der Waals surface area contributed by atoms with E-state index < -0.39 is 0 Å². The molecule has 2 heterocycles. The lowest BCUT2D eigenvalue weighted by Gasteiger charge is -2.27. The molecule has 0 atom stereocenters. The summed E-state index contributed by atoms with van der Waals surface area (Å²) < 4.78 is 5.40. The molecule has 1 aliphatic heterocycles. The highest BCUT2D eigenvalue weighted by molar-refractivity contribution is 6.31. The van der Waals surface area contributed by atoms with E-state index in [9.17, 15) is 0 Å². The Morgan fingerprint density at radius 1 is 1.40 bits per heavy atom. The third-order valence-corrected chi connectivity index (χ3v) is 3.95. The van der Waals surface area contributed by atoms with Gasteiger partial charge in [0.2, 0.25) is 0 Å². The van der Waals surface area contributed by atoms with Crippen LogP contribution in [-0.2, 0) is 11.3 Å². The number of rotatable bonds is 6. The van der Waals surface area contributed by atoms with Gasteiger partial charge in [-0.25, -0.2) is 4.98 Å². The summed E-state index contributed by atoms with van der Waals surface area (Å²) in [6.45, 7) is 6.59. The molecular formula is C15H24ClN3O. The zero-order chi connectivity index (χ0) is 14.4. The smallest absolute Gasteiger partial charge is 0.126 e. The number of pyridine rings is 1. The molecule has 1 aromatic heterocycles. The van der Waals surface area contributed by atoms with E-state index in [1.807, 2.05) is 12.1 Å². The van der Waals surface area contributed by atoms with E-state index in [1.165, 1.54) is 0 Å². The standard InChI is InChI=1S/C15H24ClN3O/c1-3-17-15-5-4-13(16)14(18-15)11-19(2)10-12-6-8-20-9-7-12/h4-5,12H,3,6-11H2,1-2H3,(H,17,18). The van der Waals surface area contributed by atoms with E-state index in [0.29, 0.717) is 0 Å². The van der Waals surface area contributed by atoms with Gasteiger partial charge in [-0.1, -0.05) is 11.6 Å². The van der Waals surface area contributed by atoms with E-state index in [4.69, 9.17) is 16.3 Å². The molecule has 112 valence electrons. The van der Waals surface area contributed by atoms with Crippen LogP contribution in [0.25, 0.3) is 0 Å². The second-order valence-corrected chi connectivity index (χ2v) is 5.82.